The minimum absolute atomic E-state index is 0.116. The summed E-state index contributed by atoms with van der Waals surface area (Å²) < 4.78 is 31.8. The molecule has 94 valence electrons. The molecule has 2 rings (SSSR count). The first-order valence-electron chi connectivity index (χ1n) is 5.35. The molecule has 0 spiro atoms. The monoisotopic (exact) mass is 268 g/mol. The lowest BCUT2D eigenvalue weighted by molar-refractivity contribution is 0.414. The van der Waals surface area contributed by atoms with Gasteiger partial charge in [0.2, 0.25) is 0 Å². The normalized spacial score (nSPS) is 12.2. The highest BCUT2D eigenvalue weighted by atomic mass is 35.5. The van der Waals surface area contributed by atoms with Crippen molar-refractivity contribution in [3.63, 3.8) is 0 Å². The van der Waals surface area contributed by atoms with E-state index in [1.54, 1.807) is 24.3 Å². The van der Waals surface area contributed by atoms with Crippen molar-refractivity contribution in [3.05, 3.63) is 65.2 Å². The van der Waals surface area contributed by atoms with Crippen LogP contribution in [-0.2, 0) is 0 Å². The molecule has 0 bridgehead atoms. The highest BCUT2D eigenvalue weighted by molar-refractivity contribution is 6.22. The molecule has 0 N–H and O–H groups in total. The Labute approximate surface area is 109 Å². The zero-order valence-electron chi connectivity index (χ0n) is 9.66. The maximum atomic E-state index is 13.6. The van der Waals surface area contributed by atoms with Crippen LogP contribution < -0.4 is 4.74 Å². The van der Waals surface area contributed by atoms with Gasteiger partial charge < -0.3 is 4.74 Å². The number of hydrogen-bond acceptors (Lipinski definition) is 1. The van der Waals surface area contributed by atoms with Crippen LogP contribution in [0.25, 0.3) is 0 Å². The van der Waals surface area contributed by atoms with Crippen LogP contribution in [0.4, 0.5) is 8.78 Å². The smallest absolute Gasteiger partial charge is 0.128 e. The molecule has 0 amide bonds. The van der Waals surface area contributed by atoms with Crippen LogP contribution >= 0.6 is 11.6 Å². The summed E-state index contributed by atoms with van der Waals surface area (Å²) in [7, 11) is 1.53. The minimum atomic E-state index is -0.754. The van der Waals surface area contributed by atoms with E-state index in [0.717, 1.165) is 18.2 Å². The van der Waals surface area contributed by atoms with Gasteiger partial charge in [-0.2, -0.15) is 0 Å². The molecule has 0 heterocycles. The van der Waals surface area contributed by atoms with Gasteiger partial charge >= 0.3 is 0 Å². The fourth-order valence-electron chi connectivity index (χ4n) is 1.69. The lowest BCUT2D eigenvalue weighted by Crippen LogP contribution is -1.98. The predicted octanol–water partition coefficient (Wildman–Crippen LogP) is 4.30. The van der Waals surface area contributed by atoms with Crippen molar-refractivity contribution in [1.82, 2.24) is 0 Å². The molecule has 0 radical (unpaired) electrons. The van der Waals surface area contributed by atoms with E-state index in [2.05, 4.69) is 0 Å². The van der Waals surface area contributed by atoms with Gasteiger partial charge in [-0.3, -0.25) is 0 Å². The maximum absolute atomic E-state index is 13.6. The average molecular weight is 269 g/mol. The van der Waals surface area contributed by atoms with Crippen LogP contribution in [0.2, 0.25) is 0 Å². The molecule has 0 aliphatic rings. The van der Waals surface area contributed by atoms with Gasteiger partial charge in [-0.25, -0.2) is 8.78 Å². The van der Waals surface area contributed by atoms with E-state index < -0.39 is 17.0 Å². The molecular weight excluding hydrogens is 258 g/mol. The quantitative estimate of drug-likeness (QED) is 0.754. The summed E-state index contributed by atoms with van der Waals surface area (Å²) >= 11 is 6.18. The van der Waals surface area contributed by atoms with Crippen LogP contribution in [0.5, 0.6) is 5.75 Å². The number of methoxy groups -OCH3 is 1. The molecule has 2 aromatic carbocycles. The summed E-state index contributed by atoms with van der Waals surface area (Å²) in [6.45, 7) is 0. The molecule has 0 saturated carbocycles. The van der Waals surface area contributed by atoms with Gasteiger partial charge in [0, 0.05) is 5.56 Å². The lowest BCUT2D eigenvalue weighted by atomic mass is 10.0. The fraction of sp³-hybridized carbons (Fsp3) is 0.143. The van der Waals surface area contributed by atoms with Crippen LogP contribution in [-0.4, -0.2) is 7.11 Å². The third-order valence-electron chi connectivity index (χ3n) is 2.62. The van der Waals surface area contributed by atoms with Gasteiger partial charge in [-0.05, 0) is 35.9 Å². The maximum Gasteiger partial charge on any atom is 0.128 e. The number of benzene rings is 2. The second kappa shape index (κ2) is 5.36. The molecule has 0 saturated heterocycles. The molecule has 1 atom stereocenters. The van der Waals surface area contributed by atoms with Gasteiger partial charge in [-0.1, -0.05) is 12.1 Å². The van der Waals surface area contributed by atoms with Crippen molar-refractivity contribution >= 4 is 11.6 Å². The summed E-state index contributed by atoms with van der Waals surface area (Å²) in [5.41, 5.74) is 0.769. The summed E-state index contributed by atoms with van der Waals surface area (Å²) in [4.78, 5) is 0. The molecule has 18 heavy (non-hydrogen) atoms. The van der Waals surface area contributed by atoms with Crippen LogP contribution in [0, 0.1) is 11.6 Å². The Morgan fingerprint density at radius 1 is 1.11 bits per heavy atom. The Hall–Kier alpha value is -1.61. The first-order chi connectivity index (χ1) is 8.61. The molecule has 1 unspecified atom stereocenters. The van der Waals surface area contributed by atoms with Gasteiger partial charge in [0.05, 0.1) is 12.5 Å². The molecule has 0 aliphatic carbocycles. The largest absolute Gasteiger partial charge is 0.497 e. The summed E-state index contributed by atoms with van der Waals surface area (Å²) in [5.74, 6) is -0.422. The van der Waals surface area contributed by atoms with Gasteiger partial charge in [0.25, 0.3) is 0 Å². The average Bonchev–Trinajstić information content (AvgIpc) is 2.41. The van der Waals surface area contributed by atoms with Crippen LogP contribution in [0.1, 0.15) is 16.5 Å². The van der Waals surface area contributed by atoms with Gasteiger partial charge in [0.15, 0.2) is 0 Å². The SMILES string of the molecule is COc1cccc(C(Cl)c2cc(F)ccc2F)c1. The fourth-order valence-corrected chi connectivity index (χ4v) is 1.99. The van der Waals surface area contributed by atoms with Crippen LogP contribution in [0.3, 0.4) is 0 Å². The van der Waals surface area contributed by atoms with E-state index in [0.29, 0.717) is 11.3 Å². The van der Waals surface area contributed by atoms with Crippen LogP contribution in [0.15, 0.2) is 42.5 Å². The zero-order chi connectivity index (χ0) is 13.1. The number of halogens is 3. The number of alkyl halides is 1. The second-order valence-corrected chi connectivity index (χ2v) is 4.24. The predicted molar refractivity (Wildman–Crippen MR) is 67.0 cm³/mol. The highest BCUT2D eigenvalue weighted by Crippen LogP contribution is 2.32. The number of rotatable bonds is 3. The van der Waals surface area contributed by atoms with Crippen molar-refractivity contribution in [2.24, 2.45) is 0 Å². The van der Waals surface area contributed by atoms with Crippen molar-refractivity contribution < 1.29 is 13.5 Å². The van der Waals surface area contributed by atoms with E-state index in [-0.39, 0.29) is 5.56 Å². The van der Waals surface area contributed by atoms with Crippen molar-refractivity contribution in [3.8, 4) is 5.75 Å². The Morgan fingerprint density at radius 2 is 1.89 bits per heavy atom. The van der Waals surface area contributed by atoms with E-state index in [1.807, 2.05) is 0 Å². The molecule has 0 fully saturated rings. The van der Waals surface area contributed by atoms with Gasteiger partial charge in [0.1, 0.15) is 17.4 Å². The Balaban J connectivity index is 2.40. The van der Waals surface area contributed by atoms with E-state index >= 15 is 0 Å². The van der Waals surface area contributed by atoms with Crippen molar-refractivity contribution in [2.45, 2.75) is 5.38 Å². The molecule has 0 aliphatic heterocycles. The Bertz CT molecular complexity index is 557. The third-order valence-corrected chi connectivity index (χ3v) is 3.10. The summed E-state index contributed by atoms with van der Waals surface area (Å²) in [6, 6.07) is 10.2. The second-order valence-electron chi connectivity index (χ2n) is 3.81. The minimum Gasteiger partial charge on any atom is -0.497 e. The van der Waals surface area contributed by atoms with E-state index in [1.165, 1.54) is 7.11 Å². The number of ether oxygens (including phenoxy) is 1. The van der Waals surface area contributed by atoms with Gasteiger partial charge in [-0.15, -0.1) is 11.6 Å². The molecular formula is C14H11ClF2O. The van der Waals surface area contributed by atoms with E-state index in [9.17, 15) is 8.78 Å². The first kappa shape index (κ1) is 12.8. The summed E-state index contributed by atoms with van der Waals surface area (Å²) in [6.07, 6.45) is 0. The van der Waals surface area contributed by atoms with Crippen molar-refractivity contribution in [1.29, 1.82) is 0 Å². The Kier molecular flexibility index (Phi) is 3.82. The standard InChI is InChI=1S/C14H11ClF2O/c1-18-11-4-2-3-9(7-11)14(15)12-8-10(16)5-6-13(12)17/h2-8,14H,1H3. The summed E-state index contributed by atoms with van der Waals surface area (Å²) in [5, 5.41) is -0.754. The lowest BCUT2D eigenvalue weighted by Gasteiger charge is -2.12. The molecule has 0 aromatic heterocycles. The van der Waals surface area contributed by atoms with E-state index in [4.69, 9.17) is 16.3 Å². The topological polar surface area (TPSA) is 9.23 Å². The highest BCUT2D eigenvalue weighted by Gasteiger charge is 2.16. The molecule has 1 nitrogen and oxygen atoms in total. The number of hydrogen-bond donors (Lipinski definition) is 0. The van der Waals surface area contributed by atoms with Crippen molar-refractivity contribution in [2.75, 3.05) is 7.11 Å². The first-order valence-corrected chi connectivity index (χ1v) is 5.78. The Morgan fingerprint density at radius 3 is 2.61 bits per heavy atom. The third kappa shape index (κ3) is 2.62. The molecule has 2 aromatic rings. The zero-order valence-corrected chi connectivity index (χ0v) is 10.4. The molecule has 4 heteroatoms.